The van der Waals surface area contributed by atoms with Crippen molar-refractivity contribution in [1.82, 2.24) is 4.90 Å². The Morgan fingerprint density at radius 2 is 1.90 bits per heavy atom. The number of piperidine rings is 1. The van der Waals surface area contributed by atoms with E-state index in [4.69, 9.17) is 4.74 Å². The van der Waals surface area contributed by atoms with Crippen LogP contribution in [0.5, 0.6) is 5.75 Å². The summed E-state index contributed by atoms with van der Waals surface area (Å²) in [6, 6.07) is 5.61. The van der Waals surface area contributed by atoms with Crippen LogP contribution in [0, 0.1) is 12.8 Å². The molecular weight excluding hydrogens is 254 g/mol. The Bertz CT molecular complexity index is 516. The Balaban J connectivity index is 2.13. The van der Waals surface area contributed by atoms with E-state index in [-0.39, 0.29) is 17.6 Å². The van der Waals surface area contributed by atoms with E-state index in [0.29, 0.717) is 24.4 Å². The van der Waals surface area contributed by atoms with Crippen LogP contribution < -0.4 is 4.74 Å². The normalized spacial score (nSPS) is 16.1. The molecule has 0 saturated carbocycles. The second-order valence-electron chi connectivity index (χ2n) is 5.38. The van der Waals surface area contributed by atoms with Gasteiger partial charge in [-0.1, -0.05) is 11.6 Å². The first-order chi connectivity index (χ1) is 9.52. The largest absolute Gasteiger partial charge is 0.496 e. The first-order valence-electron chi connectivity index (χ1n) is 6.97. The molecular formula is C16H21NO3. The number of amides is 1. The molecule has 0 spiro atoms. The van der Waals surface area contributed by atoms with Gasteiger partial charge in [0, 0.05) is 19.0 Å². The number of carbonyl (C=O) groups is 2. The lowest BCUT2D eigenvalue weighted by atomic mass is 9.93. The quantitative estimate of drug-likeness (QED) is 0.851. The minimum atomic E-state index is -0.00690. The van der Waals surface area contributed by atoms with E-state index in [1.54, 1.807) is 14.0 Å². The highest BCUT2D eigenvalue weighted by Gasteiger charge is 2.27. The lowest BCUT2D eigenvalue weighted by Gasteiger charge is -2.31. The molecule has 1 aromatic rings. The van der Waals surface area contributed by atoms with E-state index >= 15 is 0 Å². The molecule has 108 valence electrons. The summed E-state index contributed by atoms with van der Waals surface area (Å²) >= 11 is 0. The second-order valence-corrected chi connectivity index (χ2v) is 5.38. The summed E-state index contributed by atoms with van der Waals surface area (Å²) in [5.41, 5.74) is 1.64. The minimum Gasteiger partial charge on any atom is -0.496 e. The predicted octanol–water partition coefficient (Wildman–Crippen LogP) is 2.44. The number of nitrogens with zero attached hydrogens (tertiary/aromatic N) is 1. The van der Waals surface area contributed by atoms with Crippen LogP contribution in [-0.2, 0) is 4.79 Å². The zero-order chi connectivity index (χ0) is 14.7. The van der Waals surface area contributed by atoms with Gasteiger partial charge < -0.3 is 9.64 Å². The lowest BCUT2D eigenvalue weighted by molar-refractivity contribution is -0.121. The Kier molecular flexibility index (Phi) is 4.42. The van der Waals surface area contributed by atoms with Crippen molar-refractivity contribution < 1.29 is 14.3 Å². The van der Waals surface area contributed by atoms with E-state index in [2.05, 4.69) is 0 Å². The van der Waals surface area contributed by atoms with Crippen LogP contribution in [-0.4, -0.2) is 36.8 Å². The Hall–Kier alpha value is -1.84. The van der Waals surface area contributed by atoms with Crippen LogP contribution in [0.3, 0.4) is 0 Å². The molecule has 1 amide bonds. The monoisotopic (exact) mass is 275 g/mol. The molecule has 0 bridgehead atoms. The highest BCUT2D eigenvalue weighted by atomic mass is 16.5. The van der Waals surface area contributed by atoms with Crippen LogP contribution in [0.4, 0.5) is 0 Å². The molecule has 0 atom stereocenters. The summed E-state index contributed by atoms with van der Waals surface area (Å²) in [5, 5.41) is 0. The SMILES string of the molecule is COc1ccc(C)cc1C(=O)N1CCC(C(C)=O)CC1. The van der Waals surface area contributed by atoms with Gasteiger partial charge in [-0.2, -0.15) is 0 Å². The van der Waals surface area contributed by atoms with Gasteiger partial charge in [0.2, 0.25) is 0 Å². The fraction of sp³-hybridized carbons (Fsp3) is 0.500. The summed E-state index contributed by atoms with van der Waals surface area (Å²) < 4.78 is 5.27. The van der Waals surface area contributed by atoms with Crippen molar-refractivity contribution in [3.8, 4) is 5.75 Å². The number of likely N-dealkylation sites (tertiary alicyclic amines) is 1. The third-order valence-corrected chi connectivity index (χ3v) is 3.94. The molecule has 0 radical (unpaired) electrons. The molecule has 1 heterocycles. The lowest BCUT2D eigenvalue weighted by Crippen LogP contribution is -2.40. The zero-order valence-electron chi connectivity index (χ0n) is 12.3. The van der Waals surface area contributed by atoms with Crippen LogP contribution in [0.15, 0.2) is 18.2 Å². The fourth-order valence-electron chi connectivity index (χ4n) is 2.65. The highest BCUT2D eigenvalue weighted by molar-refractivity contribution is 5.97. The molecule has 0 N–H and O–H groups in total. The fourth-order valence-corrected chi connectivity index (χ4v) is 2.65. The van der Waals surface area contributed by atoms with Gasteiger partial charge in [0.15, 0.2) is 0 Å². The Morgan fingerprint density at radius 1 is 1.25 bits per heavy atom. The third kappa shape index (κ3) is 3.00. The van der Waals surface area contributed by atoms with E-state index in [9.17, 15) is 9.59 Å². The van der Waals surface area contributed by atoms with Gasteiger partial charge in [-0.15, -0.1) is 0 Å². The maximum Gasteiger partial charge on any atom is 0.257 e. The molecule has 1 fully saturated rings. The number of methoxy groups -OCH3 is 1. The summed E-state index contributed by atoms with van der Waals surface area (Å²) in [6.45, 7) is 4.87. The number of aryl methyl sites for hydroxylation is 1. The molecule has 4 heteroatoms. The van der Waals surface area contributed by atoms with E-state index in [1.165, 1.54) is 0 Å². The van der Waals surface area contributed by atoms with Gasteiger partial charge in [0.1, 0.15) is 11.5 Å². The van der Waals surface area contributed by atoms with Crippen molar-refractivity contribution >= 4 is 11.7 Å². The average Bonchev–Trinajstić information content (AvgIpc) is 2.46. The highest BCUT2D eigenvalue weighted by Crippen LogP contribution is 2.24. The van der Waals surface area contributed by atoms with Gasteiger partial charge in [0.05, 0.1) is 12.7 Å². The molecule has 2 rings (SSSR count). The summed E-state index contributed by atoms with van der Waals surface area (Å²) in [4.78, 5) is 25.8. The number of hydrogen-bond acceptors (Lipinski definition) is 3. The van der Waals surface area contributed by atoms with Crippen LogP contribution in [0.25, 0.3) is 0 Å². The second kappa shape index (κ2) is 6.07. The summed E-state index contributed by atoms with van der Waals surface area (Å²) in [5.74, 6) is 0.936. The van der Waals surface area contributed by atoms with E-state index in [1.807, 2.05) is 30.0 Å². The van der Waals surface area contributed by atoms with Crippen molar-refractivity contribution in [3.05, 3.63) is 29.3 Å². The maximum absolute atomic E-state index is 12.6. The summed E-state index contributed by atoms with van der Waals surface area (Å²) in [7, 11) is 1.57. The molecule has 1 aliphatic heterocycles. The van der Waals surface area contributed by atoms with Crippen LogP contribution in [0.1, 0.15) is 35.7 Å². The van der Waals surface area contributed by atoms with Crippen LogP contribution >= 0.6 is 0 Å². The van der Waals surface area contributed by atoms with Gasteiger partial charge in [-0.05, 0) is 38.8 Å². The average molecular weight is 275 g/mol. The number of ether oxygens (including phenoxy) is 1. The third-order valence-electron chi connectivity index (χ3n) is 3.94. The minimum absolute atomic E-state index is 0.00690. The molecule has 1 aliphatic rings. The number of ketones is 1. The van der Waals surface area contributed by atoms with Crippen molar-refractivity contribution in [3.63, 3.8) is 0 Å². The topological polar surface area (TPSA) is 46.6 Å². The van der Waals surface area contributed by atoms with Crippen molar-refractivity contribution in [1.29, 1.82) is 0 Å². The molecule has 1 aromatic carbocycles. The number of hydrogen-bond donors (Lipinski definition) is 0. The van der Waals surface area contributed by atoms with Gasteiger partial charge >= 0.3 is 0 Å². The number of Topliss-reactive ketones (excluding diaryl/α,β-unsaturated/α-hetero) is 1. The van der Waals surface area contributed by atoms with Crippen molar-refractivity contribution in [2.75, 3.05) is 20.2 Å². The molecule has 1 saturated heterocycles. The Labute approximate surface area is 119 Å². The van der Waals surface area contributed by atoms with Gasteiger partial charge in [-0.3, -0.25) is 9.59 Å². The van der Waals surface area contributed by atoms with Gasteiger partial charge in [-0.25, -0.2) is 0 Å². The van der Waals surface area contributed by atoms with Crippen molar-refractivity contribution in [2.24, 2.45) is 5.92 Å². The molecule has 0 unspecified atom stereocenters. The number of benzene rings is 1. The number of carbonyl (C=O) groups excluding carboxylic acids is 2. The first-order valence-corrected chi connectivity index (χ1v) is 6.97. The maximum atomic E-state index is 12.6. The first kappa shape index (κ1) is 14.6. The Morgan fingerprint density at radius 3 is 2.45 bits per heavy atom. The predicted molar refractivity (Wildman–Crippen MR) is 77.0 cm³/mol. The molecule has 0 aromatic heterocycles. The number of rotatable bonds is 3. The zero-order valence-corrected chi connectivity index (χ0v) is 12.3. The standard InChI is InChI=1S/C16H21NO3/c1-11-4-5-15(20-3)14(10-11)16(19)17-8-6-13(7-9-17)12(2)18/h4-5,10,13H,6-9H2,1-3H3. The van der Waals surface area contributed by atoms with E-state index in [0.717, 1.165) is 18.4 Å². The smallest absolute Gasteiger partial charge is 0.257 e. The van der Waals surface area contributed by atoms with E-state index < -0.39 is 0 Å². The molecule has 0 aliphatic carbocycles. The molecule has 20 heavy (non-hydrogen) atoms. The van der Waals surface area contributed by atoms with Crippen LogP contribution in [0.2, 0.25) is 0 Å². The van der Waals surface area contributed by atoms with Gasteiger partial charge in [0.25, 0.3) is 5.91 Å². The molecule has 4 nitrogen and oxygen atoms in total. The summed E-state index contributed by atoms with van der Waals surface area (Å²) in [6.07, 6.45) is 1.52. The van der Waals surface area contributed by atoms with Crippen molar-refractivity contribution in [2.45, 2.75) is 26.7 Å².